The number of amides is 3. The van der Waals surface area contributed by atoms with E-state index in [2.05, 4.69) is 10.6 Å². The molecule has 2 N–H and O–H groups in total. The van der Waals surface area contributed by atoms with Crippen LogP contribution in [0, 0.1) is 0 Å². The van der Waals surface area contributed by atoms with E-state index in [9.17, 15) is 14.4 Å². The first-order valence-electron chi connectivity index (χ1n) is 8.42. The zero-order valence-corrected chi connectivity index (χ0v) is 14.8. The predicted octanol–water partition coefficient (Wildman–Crippen LogP) is 3.07. The minimum atomic E-state index is -0.856. The van der Waals surface area contributed by atoms with E-state index < -0.39 is 18.0 Å². The molecule has 0 saturated heterocycles. The van der Waals surface area contributed by atoms with E-state index in [1.807, 2.05) is 30.3 Å². The van der Waals surface area contributed by atoms with Crippen molar-refractivity contribution in [2.75, 3.05) is 0 Å². The smallest absolute Gasteiger partial charge is 0.321 e. The maximum atomic E-state index is 12.0. The van der Waals surface area contributed by atoms with Gasteiger partial charge in [0, 0.05) is 18.5 Å². The van der Waals surface area contributed by atoms with Crippen LogP contribution in [0.3, 0.4) is 0 Å². The van der Waals surface area contributed by atoms with Crippen LogP contribution in [0.2, 0.25) is 0 Å². The summed E-state index contributed by atoms with van der Waals surface area (Å²) in [6.45, 7) is 3.66. The average molecular weight is 354 g/mol. The first-order chi connectivity index (χ1) is 12.5. The fourth-order valence-corrected chi connectivity index (χ4v) is 2.22. The summed E-state index contributed by atoms with van der Waals surface area (Å²) >= 11 is 0. The van der Waals surface area contributed by atoms with Crippen LogP contribution in [0.25, 0.3) is 0 Å². The summed E-state index contributed by atoms with van der Waals surface area (Å²) in [5.41, 5.74) is 1.53. The SMILES string of the molecule is CCC(=O)c1ccc(O[C@@H](C)C(=O)NC(=O)NCc2ccccc2)cc1. The van der Waals surface area contributed by atoms with Crippen LogP contribution in [0.4, 0.5) is 4.79 Å². The van der Waals surface area contributed by atoms with Gasteiger partial charge in [0.25, 0.3) is 5.91 Å². The molecule has 2 aromatic rings. The second-order valence-electron chi connectivity index (χ2n) is 5.72. The zero-order chi connectivity index (χ0) is 18.9. The van der Waals surface area contributed by atoms with Gasteiger partial charge in [0.2, 0.25) is 0 Å². The van der Waals surface area contributed by atoms with E-state index in [1.54, 1.807) is 38.1 Å². The summed E-state index contributed by atoms with van der Waals surface area (Å²) in [6.07, 6.45) is -0.429. The van der Waals surface area contributed by atoms with Crippen molar-refractivity contribution >= 4 is 17.7 Å². The predicted molar refractivity (Wildman–Crippen MR) is 98.0 cm³/mol. The number of ether oxygens (including phenoxy) is 1. The van der Waals surface area contributed by atoms with Crippen molar-refractivity contribution in [3.05, 3.63) is 65.7 Å². The summed E-state index contributed by atoms with van der Waals surface area (Å²) < 4.78 is 5.50. The van der Waals surface area contributed by atoms with Crippen molar-refractivity contribution < 1.29 is 19.1 Å². The lowest BCUT2D eigenvalue weighted by Crippen LogP contribution is -2.44. The van der Waals surface area contributed by atoms with Gasteiger partial charge in [0.15, 0.2) is 11.9 Å². The number of benzene rings is 2. The Balaban J connectivity index is 1.81. The Hall–Kier alpha value is -3.15. The monoisotopic (exact) mass is 354 g/mol. The van der Waals surface area contributed by atoms with E-state index in [0.29, 0.717) is 24.3 Å². The fraction of sp³-hybridized carbons (Fsp3) is 0.250. The molecule has 2 aromatic carbocycles. The molecule has 2 rings (SSSR count). The van der Waals surface area contributed by atoms with Gasteiger partial charge in [0.05, 0.1) is 0 Å². The Morgan fingerprint density at radius 3 is 2.27 bits per heavy atom. The molecule has 0 aromatic heterocycles. The summed E-state index contributed by atoms with van der Waals surface area (Å²) in [5, 5.41) is 4.85. The summed E-state index contributed by atoms with van der Waals surface area (Å²) in [6, 6.07) is 15.3. The molecule has 0 bridgehead atoms. The number of hydrogen-bond acceptors (Lipinski definition) is 4. The Labute approximate surface area is 152 Å². The lowest BCUT2D eigenvalue weighted by atomic mass is 10.1. The lowest BCUT2D eigenvalue weighted by Gasteiger charge is -2.14. The molecule has 0 aliphatic rings. The van der Waals surface area contributed by atoms with Gasteiger partial charge in [-0.3, -0.25) is 14.9 Å². The van der Waals surface area contributed by atoms with Crippen LogP contribution in [0.15, 0.2) is 54.6 Å². The molecular weight excluding hydrogens is 332 g/mol. The molecule has 6 heteroatoms. The molecule has 0 aliphatic carbocycles. The normalized spacial score (nSPS) is 11.3. The number of urea groups is 1. The maximum Gasteiger partial charge on any atom is 0.321 e. The van der Waals surface area contributed by atoms with Crippen LogP contribution < -0.4 is 15.4 Å². The molecule has 0 radical (unpaired) electrons. The van der Waals surface area contributed by atoms with Gasteiger partial charge >= 0.3 is 6.03 Å². The number of carbonyl (C=O) groups excluding carboxylic acids is 3. The van der Waals surface area contributed by atoms with E-state index in [1.165, 1.54) is 0 Å². The molecule has 0 heterocycles. The summed E-state index contributed by atoms with van der Waals surface area (Å²) in [5.74, 6) is -0.0632. The van der Waals surface area contributed by atoms with Gasteiger partial charge in [0.1, 0.15) is 5.75 Å². The number of nitrogens with one attached hydrogen (secondary N) is 2. The third-order valence-corrected chi connectivity index (χ3v) is 3.71. The van der Waals surface area contributed by atoms with E-state index in [-0.39, 0.29) is 5.78 Å². The number of Topliss-reactive ketones (excluding diaryl/α,β-unsaturated/α-hetero) is 1. The summed E-state index contributed by atoms with van der Waals surface area (Å²) in [4.78, 5) is 35.4. The van der Waals surface area contributed by atoms with Crippen LogP contribution in [0.1, 0.15) is 36.2 Å². The van der Waals surface area contributed by atoms with Crippen LogP contribution in [-0.2, 0) is 11.3 Å². The number of hydrogen-bond donors (Lipinski definition) is 2. The molecule has 0 unspecified atom stereocenters. The largest absolute Gasteiger partial charge is 0.481 e. The number of imide groups is 1. The third-order valence-electron chi connectivity index (χ3n) is 3.71. The molecule has 136 valence electrons. The van der Waals surface area contributed by atoms with Crippen LogP contribution in [-0.4, -0.2) is 23.8 Å². The number of rotatable bonds is 7. The minimum Gasteiger partial charge on any atom is -0.481 e. The topological polar surface area (TPSA) is 84.5 Å². The average Bonchev–Trinajstić information content (AvgIpc) is 2.67. The highest BCUT2D eigenvalue weighted by Gasteiger charge is 2.17. The molecule has 1 atom stereocenters. The number of ketones is 1. The highest BCUT2D eigenvalue weighted by molar-refractivity contribution is 5.97. The van der Waals surface area contributed by atoms with Gasteiger partial charge in [-0.15, -0.1) is 0 Å². The van der Waals surface area contributed by atoms with Gasteiger partial charge in [-0.2, -0.15) is 0 Å². The van der Waals surface area contributed by atoms with Gasteiger partial charge < -0.3 is 10.1 Å². The molecule has 0 aliphatic heterocycles. The zero-order valence-electron chi connectivity index (χ0n) is 14.8. The Kier molecular flexibility index (Phi) is 6.91. The first-order valence-corrected chi connectivity index (χ1v) is 8.42. The van der Waals surface area contributed by atoms with Gasteiger partial charge in [-0.1, -0.05) is 37.3 Å². The molecule has 0 saturated carbocycles. The second kappa shape index (κ2) is 9.36. The van der Waals surface area contributed by atoms with Crippen molar-refractivity contribution in [3.63, 3.8) is 0 Å². The lowest BCUT2D eigenvalue weighted by molar-refractivity contribution is -0.126. The van der Waals surface area contributed by atoms with Crippen molar-refractivity contribution in [2.24, 2.45) is 0 Å². The first kappa shape index (κ1) is 19.2. The van der Waals surface area contributed by atoms with E-state index in [4.69, 9.17) is 4.74 Å². The van der Waals surface area contributed by atoms with Crippen molar-refractivity contribution in [3.8, 4) is 5.75 Å². The fourth-order valence-electron chi connectivity index (χ4n) is 2.22. The van der Waals surface area contributed by atoms with Crippen LogP contribution >= 0.6 is 0 Å². The molecule has 3 amide bonds. The second-order valence-corrected chi connectivity index (χ2v) is 5.72. The quantitative estimate of drug-likeness (QED) is 0.749. The van der Waals surface area contributed by atoms with E-state index in [0.717, 1.165) is 5.56 Å². The standard InChI is InChI=1S/C20H22N2O4/c1-3-18(23)16-9-11-17(12-10-16)26-14(2)19(24)22-20(25)21-13-15-7-5-4-6-8-15/h4-12,14H,3,13H2,1-2H3,(H2,21,22,24,25)/t14-/m0/s1. The molecule has 0 spiro atoms. The number of carbonyl (C=O) groups is 3. The van der Waals surface area contributed by atoms with Gasteiger partial charge in [-0.25, -0.2) is 4.79 Å². The highest BCUT2D eigenvalue weighted by Crippen LogP contribution is 2.15. The van der Waals surface area contributed by atoms with E-state index >= 15 is 0 Å². The van der Waals surface area contributed by atoms with Crippen molar-refractivity contribution in [1.29, 1.82) is 0 Å². The Bertz CT molecular complexity index is 757. The Morgan fingerprint density at radius 2 is 1.65 bits per heavy atom. The highest BCUT2D eigenvalue weighted by atomic mass is 16.5. The minimum absolute atomic E-state index is 0.0393. The third kappa shape index (κ3) is 5.73. The molecular formula is C20H22N2O4. The molecule has 26 heavy (non-hydrogen) atoms. The maximum absolute atomic E-state index is 12.0. The Morgan fingerprint density at radius 1 is 1.00 bits per heavy atom. The molecule has 0 fully saturated rings. The van der Waals surface area contributed by atoms with Gasteiger partial charge in [-0.05, 0) is 36.8 Å². The van der Waals surface area contributed by atoms with Crippen molar-refractivity contribution in [2.45, 2.75) is 32.9 Å². The van der Waals surface area contributed by atoms with Crippen molar-refractivity contribution in [1.82, 2.24) is 10.6 Å². The summed E-state index contributed by atoms with van der Waals surface area (Å²) in [7, 11) is 0. The van der Waals surface area contributed by atoms with Crippen LogP contribution in [0.5, 0.6) is 5.75 Å². The molecule has 6 nitrogen and oxygen atoms in total.